The van der Waals surface area contributed by atoms with Gasteiger partial charge in [0.05, 0.1) is 17.9 Å². The van der Waals surface area contributed by atoms with E-state index in [2.05, 4.69) is 18.6 Å². The molecule has 0 saturated heterocycles. The van der Waals surface area contributed by atoms with Crippen LogP contribution in [0.1, 0.15) is 37.8 Å². The fourth-order valence-electron chi connectivity index (χ4n) is 2.07. The summed E-state index contributed by atoms with van der Waals surface area (Å²) in [4.78, 5) is 12.3. The summed E-state index contributed by atoms with van der Waals surface area (Å²) in [5.41, 5.74) is 2.34. The number of rotatable bonds is 7. The summed E-state index contributed by atoms with van der Waals surface area (Å²) in [6, 6.07) is 1.78. The molecule has 1 rings (SSSR count). The van der Waals surface area contributed by atoms with Crippen LogP contribution in [0.2, 0.25) is 10.0 Å². The molecule has 112 valence electrons. The molecule has 2 nitrogen and oxygen atoms in total. The number of esters is 1. The number of thioether (sulfide) groups is 1. The summed E-state index contributed by atoms with van der Waals surface area (Å²) in [7, 11) is 1.39. The number of hydrogen-bond acceptors (Lipinski definition) is 3. The standard InChI is InChI=1S/C15H20Cl2O2S/c1-4-6-10-11(7-5-2)15(13(17)8-12(10)16)20-9-14(18)19-3/h8H,4-7,9H2,1-3H3. The molecule has 0 aliphatic rings. The quantitative estimate of drug-likeness (QED) is 0.508. The van der Waals surface area contributed by atoms with Crippen LogP contribution in [0.3, 0.4) is 0 Å². The van der Waals surface area contributed by atoms with Crippen molar-refractivity contribution in [1.29, 1.82) is 0 Å². The third kappa shape index (κ3) is 4.57. The van der Waals surface area contributed by atoms with E-state index in [0.29, 0.717) is 5.02 Å². The van der Waals surface area contributed by atoms with Gasteiger partial charge in [-0.1, -0.05) is 49.9 Å². The molecule has 0 atom stereocenters. The van der Waals surface area contributed by atoms with Crippen molar-refractivity contribution >= 4 is 40.9 Å². The highest BCUT2D eigenvalue weighted by molar-refractivity contribution is 8.00. The van der Waals surface area contributed by atoms with E-state index < -0.39 is 0 Å². The third-order valence-corrected chi connectivity index (χ3v) is 4.84. The molecule has 0 unspecified atom stereocenters. The van der Waals surface area contributed by atoms with Crippen molar-refractivity contribution in [3.63, 3.8) is 0 Å². The van der Waals surface area contributed by atoms with Crippen LogP contribution in [0.25, 0.3) is 0 Å². The molecule has 0 saturated carbocycles. The Labute approximate surface area is 135 Å². The molecule has 0 amide bonds. The van der Waals surface area contributed by atoms with Gasteiger partial charge in [-0.25, -0.2) is 0 Å². The summed E-state index contributed by atoms with van der Waals surface area (Å²) >= 11 is 14.1. The lowest BCUT2D eigenvalue weighted by atomic mass is 9.99. The normalized spacial score (nSPS) is 10.7. The average molecular weight is 335 g/mol. The number of carbonyl (C=O) groups is 1. The first-order chi connectivity index (χ1) is 9.54. The Kier molecular flexibility index (Phi) is 7.78. The van der Waals surface area contributed by atoms with Crippen molar-refractivity contribution in [3.05, 3.63) is 27.2 Å². The first kappa shape index (κ1) is 17.7. The second-order valence-electron chi connectivity index (χ2n) is 4.49. The van der Waals surface area contributed by atoms with Crippen LogP contribution < -0.4 is 0 Å². The van der Waals surface area contributed by atoms with Gasteiger partial charge in [0.1, 0.15) is 0 Å². The van der Waals surface area contributed by atoms with Gasteiger partial charge in [0.25, 0.3) is 0 Å². The lowest BCUT2D eigenvalue weighted by Crippen LogP contribution is -2.05. The Morgan fingerprint density at radius 2 is 1.75 bits per heavy atom. The Morgan fingerprint density at radius 1 is 1.15 bits per heavy atom. The zero-order chi connectivity index (χ0) is 15.1. The van der Waals surface area contributed by atoms with Gasteiger partial charge < -0.3 is 4.74 Å². The average Bonchev–Trinajstić information content (AvgIpc) is 2.42. The monoisotopic (exact) mass is 334 g/mol. The predicted molar refractivity (Wildman–Crippen MR) is 87.2 cm³/mol. The van der Waals surface area contributed by atoms with Gasteiger partial charge >= 0.3 is 5.97 Å². The minimum absolute atomic E-state index is 0.250. The minimum Gasteiger partial charge on any atom is -0.468 e. The largest absolute Gasteiger partial charge is 0.468 e. The van der Waals surface area contributed by atoms with Crippen molar-refractivity contribution in [3.8, 4) is 0 Å². The van der Waals surface area contributed by atoms with Crippen LogP contribution in [-0.4, -0.2) is 18.8 Å². The van der Waals surface area contributed by atoms with Crippen molar-refractivity contribution in [1.82, 2.24) is 0 Å². The molecule has 0 radical (unpaired) electrons. The first-order valence-corrected chi connectivity index (χ1v) is 8.48. The van der Waals surface area contributed by atoms with Gasteiger partial charge in [0, 0.05) is 9.92 Å². The Morgan fingerprint density at radius 3 is 2.30 bits per heavy atom. The Hall–Kier alpha value is -0.380. The van der Waals surface area contributed by atoms with Gasteiger partial charge in [-0.3, -0.25) is 4.79 Å². The molecule has 5 heteroatoms. The molecule has 0 N–H and O–H groups in total. The van der Waals surface area contributed by atoms with E-state index in [-0.39, 0.29) is 11.7 Å². The number of hydrogen-bond donors (Lipinski definition) is 0. The van der Waals surface area contributed by atoms with Crippen LogP contribution in [0.4, 0.5) is 0 Å². The van der Waals surface area contributed by atoms with E-state index >= 15 is 0 Å². The third-order valence-electron chi connectivity index (χ3n) is 2.96. The number of ether oxygens (including phenoxy) is 1. The molecular weight excluding hydrogens is 315 g/mol. The van der Waals surface area contributed by atoms with Crippen LogP contribution in [0.15, 0.2) is 11.0 Å². The molecule has 1 aromatic carbocycles. The lowest BCUT2D eigenvalue weighted by molar-refractivity contribution is -0.137. The van der Waals surface area contributed by atoms with Crippen molar-refractivity contribution in [2.75, 3.05) is 12.9 Å². The van der Waals surface area contributed by atoms with Gasteiger partial charge in [0.15, 0.2) is 0 Å². The molecule has 0 aliphatic heterocycles. The van der Waals surface area contributed by atoms with Gasteiger partial charge in [-0.05, 0) is 30.0 Å². The molecular formula is C15H20Cl2O2S. The van der Waals surface area contributed by atoms with Crippen LogP contribution in [-0.2, 0) is 22.4 Å². The highest BCUT2D eigenvalue weighted by Gasteiger charge is 2.17. The number of halogens is 2. The van der Waals surface area contributed by atoms with E-state index in [0.717, 1.165) is 41.2 Å². The van der Waals surface area contributed by atoms with Crippen LogP contribution in [0, 0.1) is 0 Å². The van der Waals surface area contributed by atoms with Crippen LogP contribution >= 0.6 is 35.0 Å². The zero-order valence-corrected chi connectivity index (χ0v) is 14.4. The van der Waals surface area contributed by atoms with Gasteiger partial charge in [-0.15, -0.1) is 11.8 Å². The van der Waals surface area contributed by atoms with Crippen molar-refractivity contribution in [2.24, 2.45) is 0 Å². The Balaban J connectivity index is 3.18. The van der Waals surface area contributed by atoms with Gasteiger partial charge in [0.2, 0.25) is 0 Å². The smallest absolute Gasteiger partial charge is 0.315 e. The molecule has 0 fully saturated rings. The summed E-state index contributed by atoms with van der Waals surface area (Å²) in [5, 5.41) is 1.34. The summed E-state index contributed by atoms with van der Waals surface area (Å²) in [6.07, 6.45) is 3.88. The maximum Gasteiger partial charge on any atom is 0.315 e. The van der Waals surface area contributed by atoms with E-state index in [4.69, 9.17) is 23.2 Å². The van der Waals surface area contributed by atoms with Crippen molar-refractivity contribution in [2.45, 2.75) is 44.4 Å². The highest BCUT2D eigenvalue weighted by Crippen LogP contribution is 2.38. The first-order valence-electron chi connectivity index (χ1n) is 6.74. The second-order valence-corrected chi connectivity index (χ2v) is 6.29. The maximum atomic E-state index is 11.3. The topological polar surface area (TPSA) is 26.3 Å². The fourth-order valence-corrected chi connectivity index (χ4v) is 3.81. The molecule has 0 spiro atoms. The number of methoxy groups -OCH3 is 1. The summed E-state index contributed by atoms with van der Waals surface area (Å²) < 4.78 is 4.68. The number of carbonyl (C=O) groups excluding carboxylic acids is 1. The van der Waals surface area contributed by atoms with Gasteiger partial charge in [-0.2, -0.15) is 0 Å². The van der Waals surface area contributed by atoms with Crippen LogP contribution in [0.5, 0.6) is 0 Å². The van der Waals surface area contributed by atoms with E-state index in [9.17, 15) is 4.79 Å². The zero-order valence-electron chi connectivity index (χ0n) is 12.1. The summed E-state index contributed by atoms with van der Waals surface area (Å²) in [6.45, 7) is 4.25. The lowest BCUT2D eigenvalue weighted by Gasteiger charge is -2.17. The molecule has 0 aromatic heterocycles. The van der Waals surface area contributed by atoms with E-state index in [1.54, 1.807) is 6.07 Å². The molecule has 0 bridgehead atoms. The van der Waals surface area contributed by atoms with E-state index in [1.165, 1.54) is 24.4 Å². The Bertz CT molecular complexity index is 475. The molecule has 20 heavy (non-hydrogen) atoms. The molecule has 1 aromatic rings. The highest BCUT2D eigenvalue weighted by atomic mass is 35.5. The molecule has 0 aliphatic carbocycles. The minimum atomic E-state index is -0.250. The van der Waals surface area contributed by atoms with Crippen molar-refractivity contribution < 1.29 is 9.53 Å². The maximum absolute atomic E-state index is 11.3. The summed E-state index contributed by atoms with van der Waals surface area (Å²) in [5.74, 6) is 0.0145. The molecule has 0 heterocycles. The second kappa shape index (κ2) is 8.81. The SMILES string of the molecule is CCCc1c(Cl)cc(Cl)c(SCC(=O)OC)c1CCC. The fraction of sp³-hybridized carbons (Fsp3) is 0.533. The van der Waals surface area contributed by atoms with E-state index in [1.807, 2.05) is 0 Å². The predicted octanol–water partition coefficient (Wildman–Crippen LogP) is 5.16. The number of benzene rings is 1.